The number of carbonyl (C=O) groups excluding carboxylic acids is 1. The number of rotatable bonds is 5. The summed E-state index contributed by atoms with van der Waals surface area (Å²) in [5.74, 6) is 0.197. The number of hydrogen-bond donors (Lipinski definition) is 2. The van der Waals surface area contributed by atoms with Crippen molar-refractivity contribution in [3.8, 4) is 0 Å². The summed E-state index contributed by atoms with van der Waals surface area (Å²) in [5.41, 5.74) is 1.11. The average molecular weight is 264 g/mol. The maximum absolute atomic E-state index is 11.6. The lowest BCUT2D eigenvalue weighted by molar-refractivity contribution is 0.0944. The minimum atomic E-state index is -0.161. The lowest BCUT2D eigenvalue weighted by atomic mass is 10.3. The van der Waals surface area contributed by atoms with Crippen LogP contribution in [0.2, 0.25) is 0 Å². The number of thiazole rings is 1. The Morgan fingerprint density at radius 2 is 2.33 bits per heavy atom. The normalized spacial score (nSPS) is 10.6. The molecule has 96 valence electrons. The quantitative estimate of drug-likeness (QED) is 0.810. The van der Waals surface area contributed by atoms with Crippen LogP contribution >= 0.6 is 11.3 Å². The van der Waals surface area contributed by atoms with Crippen molar-refractivity contribution < 1.29 is 4.79 Å². The van der Waals surface area contributed by atoms with Crippen molar-refractivity contribution in [3.63, 3.8) is 0 Å². The third kappa shape index (κ3) is 3.16. The summed E-state index contributed by atoms with van der Waals surface area (Å²) < 4.78 is 0. The number of aryl methyl sites for hydroxylation is 3. The Morgan fingerprint density at radius 1 is 1.50 bits per heavy atom. The molecule has 0 fully saturated rings. The van der Waals surface area contributed by atoms with Crippen molar-refractivity contribution in [1.82, 2.24) is 20.3 Å². The van der Waals surface area contributed by atoms with Gasteiger partial charge in [-0.05, 0) is 20.3 Å². The van der Waals surface area contributed by atoms with Crippen molar-refractivity contribution >= 4 is 17.2 Å². The van der Waals surface area contributed by atoms with E-state index < -0.39 is 0 Å². The van der Waals surface area contributed by atoms with Crippen LogP contribution < -0.4 is 5.32 Å². The van der Waals surface area contributed by atoms with Crippen LogP contribution in [0, 0.1) is 13.8 Å². The molecule has 0 saturated heterocycles. The Hall–Kier alpha value is -1.69. The van der Waals surface area contributed by atoms with Gasteiger partial charge in [0.1, 0.15) is 0 Å². The molecule has 2 aromatic heterocycles. The molecule has 1 amide bonds. The first-order valence-corrected chi connectivity index (χ1v) is 6.69. The first-order valence-electron chi connectivity index (χ1n) is 5.87. The van der Waals surface area contributed by atoms with Gasteiger partial charge in [-0.3, -0.25) is 4.79 Å². The number of hydrogen-bond acceptors (Lipinski definition) is 4. The van der Waals surface area contributed by atoms with Gasteiger partial charge in [-0.25, -0.2) is 9.97 Å². The molecule has 5 nitrogen and oxygen atoms in total. The Labute approximate surface area is 110 Å². The number of H-pyrrole nitrogens is 1. The maximum Gasteiger partial charge on any atom is 0.287 e. The SMILES string of the molecule is Cc1nc(CCCNC(=O)c2ncc[nH]2)sc1C. The predicted octanol–water partition coefficient (Wildman–Crippen LogP) is 1.85. The second kappa shape index (κ2) is 5.77. The van der Waals surface area contributed by atoms with Crippen molar-refractivity contribution in [1.29, 1.82) is 0 Å². The summed E-state index contributed by atoms with van der Waals surface area (Å²) >= 11 is 1.73. The molecule has 2 rings (SSSR count). The van der Waals surface area contributed by atoms with Gasteiger partial charge >= 0.3 is 0 Å². The van der Waals surface area contributed by atoms with Crippen LogP contribution in [-0.4, -0.2) is 27.4 Å². The van der Waals surface area contributed by atoms with E-state index in [-0.39, 0.29) is 5.91 Å². The number of carbonyl (C=O) groups is 1. The number of amides is 1. The van der Waals surface area contributed by atoms with Crippen LogP contribution in [0.1, 0.15) is 32.6 Å². The highest BCUT2D eigenvalue weighted by Crippen LogP contribution is 2.17. The molecule has 18 heavy (non-hydrogen) atoms. The summed E-state index contributed by atoms with van der Waals surface area (Å²) in [4.78, 5) is 24.0. The molecule has 0 unspecified atom stereocenters. The number of nitrogens with zero attached hydrogens (tertiary/aromatic N) is 2. The van der Waals surface area contributed by atoms with Crippen molar-refractivity contribution in [2.45, 2.75) is 26.7 Å². The fraction of sp³-hybridized carbons (Fsp3) is 0.417. The molecule has 2 N–H and O–H groups in total. The van der Waals surface area contributed by atoms with Gasteiger partial charge in [0.2, 0.25) is 0 Å². The monoisotopic (exact) mass is 264 g/mol. The van der Waals surface area contributed by atoms with Gasteiger partial charge in [0.15, 0.2) is 5.82 Å². The molecule has 2 heterocycles. The molecule has 0 radical (unpaired) electrons. The number of nitrogens with one attached hydrogen (secondary N) is 2. The van der Waals surface area contributed by atoms with Crippen LogP contribution in [-0.2, 0) is 6.42 Å². The van der Waals surface area contributed by atoms with E-state index >= 15 is 0 Å². The molecule has 0 aliphatic carbocycles. The van der Waals surface area contributed by atoms with Gasteiger partial charge in [0.25, 0.3) is 5.91 Å². The van der Waals surface area contributed by atoms with Crippen molar-refractivity contribution in [3.05, 3.63) is 33.8 Å². The standard InChI is InChI=1S/C12H16N4OS/c1-8-9(2)18-10(16-8)4-3-5-15-12(17)11-13-6-7-14-11/h6-7H,3-5H2,1-2H3,(H,13,14)(H,15,17). The van der Waals surface area contributed by atoms with E-state index in [9.17, 15) is 4.79 Å². The number of aromatic amines is 1. The molecule has 0 spiro atoms. The number of imidazole rings is 1. The van der Waals surface area contributed by atoms with E-state index in [1.165, 1.54) is 4.88 Å². The second-order valence-corrected chi connectivity index (χ2v) is 5.33. The van der Waals surface area contributed by atoms with Gasteiger partial charge in [-0.15, -0.1) is 11.3 Å². The van der Waals surface area contributed by atoms with E-state index in [4.69, 9.17) is 0 Å². The van der Waals surface area contributed by atoms with E-state index in [0.717, 1.165) is 23.5 Å². The van der Waals surface area contributed by atoms with Gasteiger partial charge in [0.05, 0.1) is 10.7 Å². The van der Waals surface area contributed by atoms with E-state index in [1.807, 2.05) is 6.92 Å². The summed E-state index contributed by atoms with van der Waals surface area (Å²) in [5, 5.41) is 3.96. The predicted molar refractivity (Wildman–Crippen MR) is 70.8 cm³/mol. The minimum Gasteiger partial charge on any atom is -0.349 e. The molecule has 0 aliphatic heterocycles. The molecule has 0 atom stereocenters. The van der Waals surface area contributed by atoms with Gasteiger partial charge in [-0.1, -0.05) is 0 Å². The lowest BCUT2D eigenvalue weighted by Crippen LogP contribution is -2.25. The van der Waals surface area contributed by atoms with Gasteiger partial charge in [0, 0.05) is 30.2 Å². The Balaban J connectivity index is 1.72. The van der Waals surface area contributed by atoms with Crippen molar-refractivity contribution in [2.24, 2.45) is 0 Å². The van der Waals surface area contributed by atoms with Crippen LogP contribution in [0.4, 0.5) is 0 Å². The average Bonchev–Trinajstić information content (AvgIpc) is 2.96. The second-order valence-electron chi connectivity index (χ2n) is 4.05. The zero-order valence-corrected chi connectivity index (χ0v) is 11.3. The Bertz CT molecular complexity index is 499. The van der Waals surface area contributed by atoms with Crippen LogP contribution in [0.15, 0.2) is 12.4 Å². The van der Waals surface area contributed by atoms with Crippen LogP contribution in [0.25, 0.3) is 0 Å². The molecule has 2 aromatic rings. The molecular weight excluding hydrogens is 248 g/mol. The fourth-order valence-corrected chi connectivity index (χ4v) is 2.54. The summed E-state index contributed by atoms with van der Waals surface area (Å²) in [6, 6.07) is 0. The zero-order valence-electron chi connectivity index (χ0n) is 10.5. The van der Waals surface area contributed by atoms with Gasteiger partial charge in [-0.2, -0.15) is 0 Å². The molecule has 0 aliphatic rings. The van der Waals surface area contributed by atoms with E-state index in [0.29, 0.717) is 12.4 Å². The highest BCUT2D eigenvalue weighted by Gasteiger charge is 2.07. The Kier molecular flexibility index (Phi) is 4.09. The fourth-order valence-electron chi connectivity index (χ4n) is 1.56. The molecule has 0 bridgehead atoms. The highest BCUT2D eigenvalue weighted by molar-refractivity contribution is 7.11. The van der Waals surface area contributed by atoms with Crippen molar-refractivity contribution in [2.75, 3.05) is 6.54 Å². The third-order valence-corrected chi connectivity index (χ3v) is 3.77. The summed E-state index contributed by atoms with van der Waals surface area (Å²) in [6.45, 7) is 4.74. The Morgan fingerprint density at radius 3 is 2.94 bits per heavy atom. The minimum absolute atomic E-state index is 0.161. The lowest BCUT2D eigenvalue weighted by Gasteiger charge is -2.01. The maximum atomic E-state index is 11.6. The van der Waals surface area contributed by atoms with Crippen LogP contribution in [0.5, 0.6) is 0 Å². The first-order chi connectivity index (χ1) is 8.66. The topological polar surface area (TPSA) is 70.7 Å². The summed E-state index contributed by atoms with van der Waals surface area (Å²) in [6.07, 6.45) is 4.99. The van der Waals surface area contributed by atoms with Gasteiger partial charge < -0.3 is 10.3 Å². The molecular formula is C12H16N4OS. The smallest absolute Gasteiger partial charge is 0.287 e. The van der Waals surface area contributed by atoms with Crippen LogP contribution in [0.3, 0.4) is 0 Å². The third-order valence-electron chi connectivity index (χ3n) is 2.64. The van der Waals surface area contributed by atoms with E-state index in [1.54, 1.807) is 23.7 Å². The molecule has 0 saturated carbocycles. The molecule has 6 heteroatoms. The zero-order chi connectivity index (χ0) is 13.0. The first kappa shape index (κ1) is 12.8. The molecule has 0 aromatic carbocycles. The number of aromatic nitrogens is 3. The largest absolute Gasteiger partial charge is 0.349 e. The highest BCUT2D eigenvalue weighted by atomic mass is 32.1. The summed E-state index contributed by atoms with van der Waals surface area (Å²) in [7, 11) is 0. The van der Waals surface area contributed by atoms with E-state index in [2.05, 4.69) is 27.2 Å².